The van der Waals surface area contributed by atoms with Crippen LogP contribution in [0.15, 0.2) is 47.4 Å². The lowest BCUT2D eigenvalue weighted by molar-refractivity contribution is -0.122. The Hall–Kier alpha value is -2.58. The highest BCUT2D eigenvalue weighted by Crippen LogP contribution is 2.41. The van der Waals surface area contributed by atoms with Crippen LogP contribution in [0.25, 0.3) is 0 Å². The predicted molar refractivity (Wildman–Crippen MR) is 126 cm³/mol. The van der Waals surface area contributed by atoms with Crippen LogP contribution in [0.3, 0.4) is 0 Å². The van der Waals surface area contributed by atoms with Gasteiger partial charge in [-0.1, -0.05) is 36.2 Å². The van der Waals surface area contributed by atoms with Crippen molar-refractivity contribution in [2.24, 2.45) is 5.92 Å². The van der Waals surface area contributed by atoms with E-state index in [1.165, 1.54) is 23.3 Å². The average molecular weight is 473 g/mol. The van der Waals surface area contributed by atoms with Crippen molar-refractivity contribution in [2.45, 2.75) is 56.4 Å². The van der Waals surface area contributed by atoms with Gasteiger partial charge in [0, 0.05) is 19.0 Å². The zero-order valence-corrected chi connectivity index (χ0v) is 19.8. The molecular formula is C25H32N2O5S. The number of aryl methyl sites for hydroxylation is 1. The first-order chi connectivity index (χ1) is 15.9. The minimum absolute atomic E-state index is 0.0596. The van der Waals surface area contributed by atoms with Crippen molar-refractivity contribution >= 4 is 15.9 Å². The van der Waals surface area contributed by atoms with Gasteiger partial charge in [-0.15, -0.1) is 0 Å². The van der Waals surface area contributed by atoms with Crippen LogP contribution in [0.5, 0.6) is 11.5 Å². The Kier molecular flexibility index (Phi) is 7.55. The van der Waals surface area contributed by atoms with E-state index >= 15 is 0 Å². The average Bonchev–Trinajstić information content (AvgIpc) is 3.65. The van der Waals surface area contributed by atoms with E-state index in [-0.39, 0.29) is 16.8 Å². The number of nitrogens with one attached hydrogen (secondary N) is 2. The van der Waals surface area contributed by atoms with Crippen molar-refractivity contribution in [3.63, 3.8) is 0 Å². The fraction of sp³-hybridized carbons (Fsp3) is 0.480. The molecule has 1 atom stereocenters. The molecule has 33 heavy (non-hydrogen) atoms. The fourth-order valence-corrected chi connectivity index (χ4v) is 5.08. The summed E-state index contributed by atoms with van der Waals surface area (Å²) in [5, 5.41) is 3.20. The van der Waals surface area contributed by atoms with Crippen molar-refractivity contribution in [3.05, 3.63) is 53.6 Å². The third kappa shape index (κ3) is 6.48. The predicted octanol–water partition coefficient (Wildman–Crippen LogP) is 3.87. The molecule has 0 aromatic heterocycles. The molecule has 2 aromatic carbocycles. The zero-order valence-electron chi connectivity index (χ0n) is 19.0. The first kappa shape index (κ1) is 23.6. The Morgan fingerprint density at radius 3 is 2.45 bits per heavy atom. The maximum atomic E-state index is 12.5. The summed E-state index contributed by atoms with van der Waals surface area (Å²) in [6.45, 7) is 3.25. The number of benzene rings is 2. The van der Waals surface area contributed by atoms with Gasteiger partial charge < -0.3 is 14.8 Å². The number of sulfonamides is 1. The maximum Gasteiger partial charge on any atom is 0.240 e. The summed E-state index contributed by atoms with van der Waals surface area (Å²) in [5.74, 6) is 1.60. The number of hydrogen-bond donors (Lipinski definition) is 2. The second-order valence-electron chi connectivity index (χ2n) is 8.81. The summed E-state index contributed by atoms with van der Waals surface area (Å²) in [4.78, 5) is 12.6. The van der Waals surface area contributed by atoms with Crippen molar-refractivity contribution in [1.29, 1.82) is 0 Å². The minimum atomic E-state index is -3.61. The molecule has 1 heterocycles. The Morgan fingerprint density at radius 2 is 1.73 bits per heavy atom. The van der Waals surface area contributed by atoms with Crippen LogP contribution in [-0.2, 0) is 14.8 Å². The summed E-state index contributed by atoms with van der Waals surface area (Å²) in [6.07, 6.45) is 4.92. The smallest absolute Gasteiger partial charge is 0.240 e. The molecule has 1 fully saturated rings. The van der Waals surface area contributed by atoms with E-state index in [0.29, 0.717) is 50.0 Å². The van der Waals surface area contributed by atoms with Crippen LogP contribution >= 0.6 is 0 Å². The summed E-state index contributed by atoms with van der Waals surface area (Å²) < 4.78 is 38.6. The third-order valence-electron chi connectivity index (χ3n) is 6.04. The van der Waals surface area contributed by atoms with E-state index in [2.05, 4.69) is 41.2 Å². The molecule has 1 aliphatic carbocycles. The van der Waals surface area contributed by atoms with Crippen LogP contribution in [0.2, 0.25) is 0 Å². The summed E-state index contributed by atoms with van der Waals surface area (Å²) in [6, 6.07) is 13.1. The van der Waals surface area contributed by atoms with Crippen LogP contribution in [-0.4, -0.2) is 34.1 Å². The second-order valence-corrected chi connectivity index (χ2v) is 10.6. The van der Waals surface area contributed by atoms with E-state index < -0.39 is 10.0 Å². The summed E-state index contributed by atoms with van der Waals surface area (Å²) in [5.41, 5.74) is 2.38. The molecule has 4 rings (SSSR count). The number of amides is 1. The Morgan fingerprint density at radius 1 is 1.00 bits per heavy atom. The van der Waals surface area contributed by atoms with Crippen molar-refractivity contribution in [3.8, 4) is 11.5 Å². The van der Waals surface area contributed by atoms with Crippen molar-refractivity contribution in [1.82, 2.24) is 10.0 Å². The number of carbonyl (C=O) groups is 1. The van der Waals surface area contributed by atoms with Gasteiger partial charge in [-0.05, 0) is 56.2 Å². The first-order valence-corrected chi connectivity index (χ1v) is 13.2. The minimum Gasteiger partial charge on any atom is -0.486 e. The van der Waals surface area contributed by atoms with E-state index in [0.717, 1.165) is 25.7 Å². The molecule has 2 aromatic rings. The molecule has 2 aliphatic rings. The van der Waals surface area contributed by atoms with Crippen LogP contribution in [0.4, 0.5) is 0 Å². The standard InChI is InChI=1S/C25H32N2O5S/c1-18-6-8-19(9-7-18)25(20-10-11-20)27-24(28)5-3-2-4-14-26-33(29,30)21-12-13-22-23(17-21)32-16-15-31-22/h6-9,12-13,17,20,25-26H,2-5,10-11,14-16H2,1H3,(H,27,28). The molecule has 8 heteroatoms. The van der Waals surface area contributed by atoms with Gasteiger partial charge in [0.05, 0.1) is 10.9 Å². The lowest BCUT2D eigenvalue weighted by Gasteiger charge is -2.19. The highest BCUT2D eigenvalue weighted by Gasteiger charge is 2.33. The Bertz CT molecular complexity index is 1060. The second kappa shape index (κ2) is 10.6. The molecule has 1 amide bonds. The van der Waals surface area contributed by atoms with Gasteiger partial charge in [-0.2, -0.15) is 0 Å². The van der Waals surface area contributed by atoms with Gasteiger partial charge in [0.1, 0.15) is 13.2 Å². The Labute approximate surface area is 195 Å². The van der Waals surface area contributed by atoms with Crippen LogP contribution < -0.4 is 19.5 Å². The van der Waals surface area contributed by atoms with Gasteiger partial charge in [0.15, 0.2) is 11.5 Å². The monoisotopic (exact) mass is 472 g/mol. The number of unbranched alkanes of at least 4 members (excludes halogenated alkanes) is 2. The van der Waals surface area contributed by atoms with E-state index in [9.17, 15) is 13.2 Å². The molecule has 1 unspecified atom stereocenters. The largest absolute Gasteiger partial charge is 0.486 e. The number of fused-ring (bicyclic) bond motifs is 1. The molecule has 7 nitrogen and oxygen atoms in total. The molecule has 2 N–H and O–H groups in total. The van der Waals surface area contributed by atoms with Crippen molar-refractivity contribution < 1.29 is 22.7 Å². The molecule has 178 valence electrons. The highest BCUT2D eigenvalue weighted by molar-refractivity contribution is 7.89. The van der Waals surface area contributed by atoms with Gasteiger partial charge in [0.2, 0.25) is 15.9 Å². The highest BCUT2D eigenvalue weighted by atomic mass is 32.2. The fourth-order valence-electron chi connectivity index (χ4n) is 3.99. The number of ether oxygens (including phenoxy) is 2. The number of rotatable bonds is 11. The van der Waals surface area contributed by atoms with E-state index in [4.69, 9.17) is 9.47 Å². The summed E-state index contributed by atoms with van der Waals surface area (Å²) >= 11 is 0. The lowest BCUT2D eigenvalue weighted by atomic mass is 10.0. The van der Waals surface area contributed by atoms with Gasteiger partial charge >= 0.3 is 0 Å². The molecule has 0 saturated heterocycles. The van der Waals surface area contributed by atoms with Gasteiger partial charge in [-0.3, -0.25) is 4.79 Å². The van der Waals surface area contributed by atoms with Gasteiger partial charge in [0.25, 0.3) is 0 Å². The first-order valence-electron chi connectivity index (χ1n) is 11.7. The molecular weight excluding hydrogens is 440 g/mol. The number of hydrogen-bond acceptors (Lipinski definition) is 5. The maximum absolute atomic E-state index is 12.5. The zero-order chi connectivity index (χ0) is 23.3. The summed E-state index contributed by atoms with van der Waals surface area (Å²) in [7, 11) is -3.61. The molecule has 0 bridgehead atoms. The van der Waals surface area contributed by atoms with Crippen LogP contribution in [0, 0.1) is 12.8 Å². The van der Waals surface area contributed by atoms with Gasteiger partial charge in [-0.25, -0.2) is 13.1 Å². The molecule has 1 aliphatic heterocycles. The topological polar surface area (TPSA) is 93.7 Å². The van der Waals surface area contributed by atoms with Crippen molar-refractivity contribution in [2.75, 3.05) is 19.8 Å². The van der Waals surface area contributed by atoms with Crippen LogP contribution in [0.1, 0.15) is 55.7 Å². The molecule has 0 spiro atoms. The SMILES string of the molecule is Cc1ccc(C(NC(=O)CCCCCNS(=O)(=O)c2ccc3c(c2)OCCO3)C2CC2)cc1. The number of carbonyl (C=O) groups excluding carboxylic acids is 1. The molecule has 0 radical (unpaired) electrons. The molecule has 1 saturated carbocycles. The van der Waals surface area contributed by atoms with E-state index in [1.807, 2.05) is 0 Å². The van der Waals surface area contributed by atoms with E-state index in [1.54, 1.807) is 6.07 Å². The normalized spacial score (nSPS) is 16.3. The lowest BCUT2D eigenvalue weighted by Crippen LogP contribution is -2.29. The third-order valence-corrected chi connectivity index (χ3v) is 7.50. The Balaban J connectivity index is 1.17. The quantitative estimate of drug-likeness (QED) is 0.484.